The molecule has 0 unspecified atom stereocenters. The van der Waals surface area contributed by atoms with E-state index in [1.165, 1.54) is 0 Å². The van der Waals surface area contributed by atoms with Crippen molar-refractivity contribution >= 4 is 7.60 Å². The molecule has 0 N–H and O–H groups in total. The Morgan fingerprint density at radius 3 is 1.44 bits per heavy atom. The second-order valence-electron chi connectivity index (χ2n) is 6.59. The predicted molar refractivity (Wildman–Crippen MR) is 69.0 cm³/mol. The van der Waals surface area contributed by atoms with Gasteiger partial charge in [0.15, 0.2) is 0 Å². The molecule has 0 bridgehead atoms. The smallest absolute Gasteiger partial charge is 0.303 e. The summed E-state index contributed by atoms with van der Waals surface area (Å²) in [6, 6.07) is 0. The Morgan fingerprint density at radius 2 is 1.25 bits per heavy atom. The van der Waals surface area contributed by atoms with Gasteiger partial charge in [-0.15, -0.1) is 0 Å². The summed E-state index contributed by atoms with van der Waals surface area (Å²) in [6.07, 6.45) is 0.460. The van der Waals surface area contributed by atoms with Gasteiger partial charge in [-0.25, -0.2) is 0 Å². The van der Waals surface area contributed by atoms with Crippen molar-refractivity contribution in [2.75, 3.05) is 6.16 Å². The first-order chi connectivity index (χ1) is 6.83. The van der Waals surface area contributed by atoms with Crippen LogP contribution in [0.1, 0.15) is 55.4 Å². The lowest BCUT2D eigenvalue weighted by molar-refractivity contribution is 0.0482. The highest BCUT2D eigenvalue weighted by atomic mass is 31.2. The molecule has 0 aliphatic carbocycles. The first-order valence-corrected chi connectivity index (χ1v) is 7.56. The van der Waals surface area contributed by atoms with Crippen molar-refractivity contribution < 1.29 is 13.6 Å². The largest absolute Gasteiger partial charge is 0.331 e. The van der Waals surface area contributed by atoms with Crippen LogP contribution in [-0.2, 0) is 13.6 Å². The van der Waals surface area contributed by atoms with E-state index in [1.807, 2.05) is 55.4 Å². The maximum Gasteiger partial charge on any atom is 0.331 e. The monoisotopic (exact) mass is 250 g/mol. The second kappa shape index (κ2) is 5.20. The average molecular weight is 250 g/mol. The third-order valence-electron chi connectivity index (χ3n) is 1.41. The van der Waals surface area contributed by atoms with Crippen LogP contribution < -0.4 is 0 Å². The molecule has 16 heavy (non-hydrogen) atoms. The lowest BCUT2D eigenvalue weighted by Gasteiger charge is -2.32. The van der Waals surface area contributed by atoms with Crippen molar-refractivity contribution in [3.8, 4) is 0 Å². The van der Waals surface area contributed by atoms with Crippen LogP contribution in [-0.4, -0.2) is 17.4 Å². The fourth-order valence-electron chi connectivity index (χ4n) is 1.37. The van der Waals surface area contributed by atoms with Gasteiger partial charge in [0, 0.05) is 0 Å². The first-order valence-electron chi connectivity index (χ1n) is 5.84. The average Bonchev–Trinajstić information content (AvgIpc) is 1.69. The van der Waals surface area contributed by atoms with Gasteiger partial charge < -0.3 is 9.05 Å². The molecule has 0 rings (SSSR count). The summed E-state index contributed by atoms with van der Waals surface area (Å²) in [5.41, 5.74) is -0.897. The molecule has 0 amide bonds. The molecule has 0 saturated heterocycles. The highest BCUT2D eigenvalue weighted by molar-refractivity contribution is 7.53. The topological polar surface area (TPSA) is 35.5 Å². The van der Waals surface area contributed by atoms with Gasteiger partial charge in [0.2, 0.25) is 0 Å². The van der Waals surface area contributed by atoms with Crippen LogP contribution in [0.5, 0.6) is 0 Å². The SMILES string of the molecule is CC(C)CP(=O)(OC(C)(C)C)OC(C)(C)C. The lowest BCUT2D eigenvalue weighted by Crippen LogP contribution is -2.25. The molecule has 0 aliphatic rings. The van der Waals surface area contributed by atoms with Crippen molar-refractivity contribution in [1.29, 1.82) is 0 Å². The van der Waals surface area contributed by atoms with Crippen LogP contribution in [0.4, 0.5) is 0 Å². The molecule has 4 heteroatoms. The van der Waals surface area contributed by atoms with Gasteiger partial charge in [-0.1, -0.05) is 13.8 Å². The minimum atomic E-state index is -3.02. The molecule has 0 aromatic heterocycles. The molecular formula is C12H27O3P. The molecule has 3 nitrogen and oxygen atoms in total. The molecule has 0 radical (unpaired) electrons. The molecule has 0 aromatic rings. The maximum absolute atomic E-state index is 12.6. The van der Waals surface area contributed by atoms with E-state index >= 15 is 0 Å². The highest BCUT2D eigenvalue weighted by Crippen LogP contribution is 2.55. The van der Waals surface area contributed by atoms with Crippen LogP contribution in [0.15, 0.2) is 0 Å². The van der Waals surface area contributed by atoms with Gasteiger partial charge in [0.1, 0.15) is 0 Å². The highest BCUT2D eigenvalue weighted by Gasteiger charge is 2.35. The van der Waals surface area contributed by atoms with Crippen LogP contribution >= 0.6 is 7.60 Å². The Hall–Kier alpha value is 0.150. The van der Waals surface area contributed by atoms with E-state index < -0.39 is 18.8 Å². The van der Waals surface area contributed by atoms with Gasteiger partial charge >= 0.3 is 7.60 Å². The molecular weight excluding hydrogens is 223 g/mol. The normalized spacial score (nSPS) is 14.6. The minimum absolute atomic E-state index is 0.288. The van der Waals surface area contributed by atoms with Gasteiger partial charge in [0.05, 0.1) is 17.4 Å². The van der Waals surface area contributed by atoms with E-state index in [4.69, 9.17) is 9.05 Å². The molecule has 0 aliphatic heterocycles. The minimum Gasteiger partial charge on any atom is -0.303 e. The molecule has 0 aromatic carbocycles. The Morgan fingerprint density at radius 1 is 0.938 bits per heavy atom. The van der Waals surface area contributed by atoms with Crippen molar-refractivity contribution in [2.24, 2.45) is 5.92 Å². The Kier molecular flexibility index (Phi) is 5.25. The molecule has 0 heterocycles. The van der Waals surface area contributed by atoms with Crippen LogP contribution in [0, 0.1) is 5.92 Å². The first kappa shape index (κ1) is 16.1. The summed E-state index contributed by atoms with van der Waals surface area (Å²) in [7, 11) is -3.02. The van der Waals surface area contributed by atoms with E-state index in [9.17, 15) is 4.57 Å². The number of hydrogen-bond donors (Lipinski definition) is 0. The fraction of sp³-hybridized carbons (Fsp3) is 1.00. The number of hydrogen-bond acceptors (Lipinski definition) is 3. The summed E-state index contributed by atoms with van der Waals surface area (Å²) >= 11 is 0. The van der Waals surface area contributed by atoms with Crippen molar-refractivity contribution in [2.45, 2.75) is 66.6 Å². The Balaban J connectivity index is 4.83. The molecule has 0 saturated carbocycles. The molecule has 98 valence electrons. The molecule has 0 spiro atoms. The van der Waals surface area contributed by atoms with E-state index in [0.717, 1.165) is 0 Å². The summed E-state index contributed by atoms with van der Waals surface area (Å²) in [6.45, 7) is 15.4. The van der Waals surface area contributed by atoms with E-state index in [-0.39, 0.29) is 5.92 Å². The maximum atomic E-state index is 12.6. The third-order valence-corrected chi connectivity index (χ3v) is 4.24. The van der Waals surface area contributed by atoms with Gasteiger partial charge in [-0.05, 0) is 47.5 Å². The lowest BCUT2D eigenvalue weighted by atomic mass is 10.2. The summed E-state index contributed by atoms with van der Waals surface area (Å²) < 4.78 is 23.9. The summed E-state index contributed by atoms with van der Waals surface area (Å²) in [5.74, 6) is 0.288. The molecule has 0 fully saturated rings. The fourth-order valence-corrected chi connectivity index (χ4v) is 4.12. The quantitative estimate of drug-likeness (QED) is 0.691. The van der Waals surface area contributed by atoms with Crippen LogP contribution in [0.3, 0.4) is 0 Å². The van der Waals surface area contributed by atoms with Gasteiger partial charge in [-0.2, -0.15) is 0 Å². The standard InChI is InChI=1S/C12H27O3P/c1-10(2)9-16(13,14-11(3,4)5)15-12(6,7)8/h10H,9H2,1-8H3. The van der Waals surface area contributed by atoms with Crippen LogP contribution in [0.2, 0.25) is 0 Å². The second-order valence-corrected chi connectivity index (χ2v) is 8.55. The number of rotatable bonds is 4. The zero-order valence-electron chi connectivity index (χ0n) is 12.0. The third kappa shape index (κ3) is 8.32. The van der Waals surface area contributed by atoms with Crippen molar-refractivity contribution in [1.82, 2.24) is 0 Å². The zero-order valence-corrected chi connectivity index (χ0v) is 12.9. The van der Waals surface area contributed by atoms with Crippen molar-refractivity contribution in [3.05, 3.63) is 0 Å². The summed E-state index contributed by atoms with van der Waals surface area (Å²) in [5, 5.41) is 0. The summed E-state index contributed by atoms with van der Waals surface area (Å²) in [4.78, 5) is 0. The van der Waals surface area contributed by atoms with Gasteiger partial charge in [-0.3, -0.25) is 4.57 Å². The van der Waals surface area contributed by atoms with E-state index in [2.05, 4.69) is 0 Å². The van der Waals surface area contributed by atoms with E-state index in [1.54, 1.807) is 0 Å². The predicted octanol–water partition coefficient (Wildman–Crippen LogP) is 4.47. The van der Waals surface area contributed by atoms with Gasteiger partial charge in [0.25, 0.3) is 0 Å². The van der Waals surface area contributed by atoms with Crippen LogP contribution in [0.25, 0.3) is 0 Å². The Labute approximate surface area is 100 Å². The molecule has 0 atom stereocenters. The van der Waals surface area contributed by atoms with Crippen molar-refractivity contribution in [3.63, 3.8) is 0 Å². The Bertz CT molecular complexity index is 238. The van der Waals surface area contributed by atoms with E-state index in [0.29, 0.717) is 6.16 Å². The zero-order chi connectivity index (χ0) is 13.2.